The van der Waals surface area contributed by atoms with Crippen LogP contribution in [0.4, 0.5) is 14.9 Å². The molecule has 21 heavy (non-hydrogen) atoms. The SMILES string of the molecule is N#Cc1cc(F)ccc1NC(=O)NCC1(C(=O)O)CCC1. The van der Waals surface area contributed by atoms with E-state index < -0.39 is 23.2 Å². The molecule has 1 aliphatic rings. The van der Waals surface area contributed by atoms with Gasteiger partial charge in [0.2, 0.25) is 0 Å². The summed E-state index contributed by atoms with van der Waals surface area (Å²) in [5.74, 6) is -1.50. The van der Waals surface area contributed by atoms with E-state index in [2.05, 4.69) is 10.6 Å². The van der Waals surface area contributed by atoms with Crippen LogP contribution in [0.25, 0.3) is 0 Å². The highest BCUT2D eigenvalue weighted by Gasteiger charge is 2.44. The van der Waals surface area contributed by atoms with Gasteiger partial charge < -0.3 is 15.7 Å². The number of urea groups is 1. The molecule has 1 aromatic carbocycles. The number of hydrogen-bond acceptors (Lipinski definition) is 3. The molecule has 1 aliphatic carbocycles. The minimum atomic E-state index is -0.923. The molecule has 0 saturated heterocycles. The number of benzene rings is 1. The van der Waals surface area contributed by atoms with Crippen LogP contribution in [0, 0.1) is 22.6 Å². The van der Waals surface area contributed by atoms with Gasteiger partial charge >= 0.3 is 12.0 Å². The quantitative estimate of drug-likeness (QED) is 0.790. The first-order valence-corrected chi connectivity index (χ1v) is 6.45. The molecule has 0 atom stereocenters. The van der Waals surface area contributed by atoms with Crippen molar-refractivity contribution >= 4 is 17.7 Å². The van der Waals surface area contributed by atoms with Gasteiger partial charge in [-0.15, -0.1) is 0 Å². The molecule has 0 unspecified atom stereocenters. The number of carboxylic acids is 1. The average molecular weight is 291 g/mol. The van der Waals surface area contributed by atoms with E-state index in [1.54, 1.807) is 6.07 Å². The van der Waals surface area contributed by atoms with Gasteiger partial charge in [0.05, 0.1) is 16.7 Å². The second-order valence-corrected chi connectivity index (χ2v) is 5.05. The molecule has 110 valence electrons. The number of carboxylic acid groups (broad SMARTS) is 1. The average Bonchev–Trinajstić information content (AvgIpc) is 2.39. The lowest BCUT2D eigenvalue weighted by atomic mass is 9.69. The third-order valence-corrected chi connectivity index (χ3v) is 3.70. The maximum atomic E-state index is 13.0. The Bertz CT molecular complexity index is 620. The van der Waals surface area contributed by atoms with Crippen molar-refractivity contribution in [1.82, 2.24) is 5.32 Å². The van der Waals surface area contributed by atoms with Crippen LogP contribution in [0.15, 0.2) is 18.2 Å². The molecule has 0 aromatic heterocycles. The number of carbonyl (C=O) groups is 2. The summed E-state index contributed by atoms with van der Waals surface area (Å²) < 4.78 is 13.0. The summed E-state index contributed by atoms with van der Waals surface area (Å²) in [4.78, 5) is 22.9. The first-order valence-electron chi connectivity index (χ1n) is 6.45. The molecule has 7 heteroatoms. The van der Waals surface area contributed by atoms with E-state index in [-0.39, 0.29) is 17.8 Å². The summed E-state index contributed by atoms with van der Waals surface area (Å²) in [6.45, 7) is 0.0250. The predicted molar refractivity (Wildman–Crippen MR) is 72.1 cm³/mol. The van der Waals surface area contributed by atoms with Gasteiger partial charge in [-0.3, -0.25) is 4.79 Å². The number of nitrogens with zero attached hydrogens (tertiary/aromatic N) is 1. The lowest BCUT2D eigenvalue weighted by Gasteiger charge is -2.37. The Morgan fingerprint density at radius 2 is 2.14 bits per heavy atom. The highest BCUT2D eigenvalue weighted by atomic mass is 19.1. The predicted octanol–water partition coefficient (Wildman–Crippen LogP) is 2.07. The van der Waals surface area contributed by atoms with E-state index in [0.29, 0.717) is 12.8 Å². The van der Waals surface area contributed by atoms with E-state index in [0.717, 1.165) is 18.6 Å². The van der Waals surface area contributed by atoms with Gasteiger partial charge in [-0.2, -0.15) is 5.26 Å². The first-order chi connectivity index (χ1) is 9.97. The topological polar surface area (TPSA) is 102 Å². The molecule has 0 aliphatic heterocycles. The van der Waals surface area contributed by atoms with Gasteiger partial charge in [-0.1, -0.05) is 6.42 Å². The Hall–Kier alpha value is -2.62. The number of carbonyl (C=O) groups excluding carboxylic acids is 1. The van der Waals surface area contributed by atoms with Crippen molar-refractivity contribution in [3.8, 4) is 6.07 Å². The fourth-order valence-electron chi connectivity index (χ4n) is 2.20. The Balaban J connectivity index is 1.97. The molecular weight excluding hydrogens is 277 g/mol. The molecule has 2 amide bonds. The minimum absolute atomic E-state index is 0.00161. The molecule has 6 nitrogen and oxygen atoms in total. The fourth-order valence-corrected chi connectivity index (χ4v) is 2.20. The van der Waals surface area contributed by atoms with Gasteiger partial charge in [-0.05, 0) is 31.0 Å². The number of rotatable bonds is 4. The smallest absolute Gasteiger partial charge is 0.319 e. The van der Waals surface area contributed by atoms with Crippen LogP contribution in [-0.4, -0.2) is 23.7 Å². The zero-order chi connectivity index (χ0) is 15.5. The summed E-state index contributed by atoms with van der Waals surface area (Å²) in [6.07, 6.45) is 1.89. The zero-order valence-electron chi connectivity index (χ0n) is 11.1. The monoisotopic (exact) mass is 291 g/mol. The van der Waals surface area contributed by atoms with E-state index in [1.807, 2.05) is 0 Å². The van der Waals surface area contributed by atoms with E-state index in [4.69, 9.17) is 10.4 Å². The van der Waals surface area contributed by atoms with Crippen molar-refractivity contribution in [3.63, 3.8) is 0 Å². The standard InChI is InChI=1S/C14H14FN3O3/c15-10-2-3-11(9(6-10)7-16)18-13(21)17-8-14(12(19)20)4-1-5-14/h2-3,6H,1,4-5,8H2,(H,19,20)(H2,17,18,21). The van der Waals surface area contributed by atoms with Gasteiger partial charge in [-0.25, -0.2) is 9.18 Å². The number of hydrogen-bond donors (Lipinski definition) is 3. The largest absolute Gasteiger partial charge is 0.481 e. The van der Waals surface area contributed by atoms with Gasteiger partial charge in [0.25, 0.3) is 0 Å². The van der Waals surface area contributed by atoms with Crippen molar-refractivity contribution in [2.45, 2.75) is 19.3 Å². The van der Waals surface area contributed by atoms with Gasteiger partial charge in [0.1, 0.15) is 11.9 Å². The summed E-state index contributed by atoms with van der Waals surface area (Å²) >= 11 is 0. The number of nitrogens with one attached hydrogen (secondary N) is 2. The van der Waals surface area contributed by atoms with Crippen molar-refractivity contribution in [3.05, 3.63) is 29.6 Å². The number of aliphatic carboxylic acids is 1. The number of halogens is 1. The molecule has 2 rings (SSSR count). The molecule has 3 N–H and O–H groups in total. The fraction of sp³-hybridized carbons (Fsp3) is 0.357. The van der Waals surface area contributed by atoms with Crippen LogP contribution >= 0.6 is 0 Å². The Kier molecular flexibility index (Phi) is 4.08. The van der Waals surface area contributed by atoms with Crippen molar-refractivity contribution in [2.24, 2.45) is 5.41 Å². The van der Waals surface area contributed by atoms with Gasteiger partial charge in [0.15, 0.2) is 0 Å². The second kappa shape index (κ2) is 5.79. The van der Waals surface area contributed by atoms with E-state index >= 15 is 0 Å². The van der Waals surface area contributed by atoms with Crippen LogP contribution in [0.1, 0.15) is 24.8 Å². The van der Waals surface area contributed by atoms with Crippen molar-refractivity contribution in [1.29, 1.82) is 5.26 Å². The van der Waals surface area contributed by atoms with Crippen LogP contribution in [-0.2, 0) is 4.79 Å². The first kappa shape index (κ1) is 14.8. The molecular formula is C14H14FN3O3. The summed E-state index contributed by atoms with van der Waals surface area (Å²) in [7, 11) is 0. The Morgan fingerprint density at radius 1 is 1.43 bits per heavy atom. The number of anilines is 1. The minimum Gasteiger partial charge on any atom is -0.481 e. The molecule has 0 spiro atoms. The molecule has 0 bridgehead atoms. The maximum Gasteiger partial charge on any atom is 0.319 e. The maximum absolute atomic E-state index is 13.0. The van der Waals surface area contributed by atoms with Crippen molar-refractivity contribution in [2.75, 3.05) is 11.9 Å². The summed E-state index contributed by atoms with van der Waals surface area (Å²) in [6, 6.07) is 4.58. The molecule has 1 aromatic rings. The normalized spacial score (nSPS) is 15.4. The van der Waals surface area contributed by atoms with Crippen molar-refractivity contribution < 1.29 is 19.1 Å². The van der Waals surface area contributed by atoms with Gasteiger partial charge in [0, 0.05) is 6.54 Å². The number of amides is 2. The van der Waals surface area contributed by atoms with E-state index in [9.17, 15) is 14.0 Å². The van der Waals surface area contributed by atoms with Crippen LogP contribution in [0.2, 0.25) is 0 Å². The van der Waals surface area contributed by atoms with E-state index in [1.165, 1.54) is 6.07 Å². The third-order valence-electron chi connectivity index (χ3n) is 3.70. The lowest BCUT2D eigenvalue weighted by Crippen LogP contribution is -2.48. The molecule has 1 saturated carbocycles. The Labute approximate surface area is 120 Å². The molecule has 1 fully saturated rings. The van der Waals surface area contributed by atoms with Crippen LogP contribution < -0.4 is 10.6 Å². The third kappa shape index (κ3) is 3.11. The summed E-state index contributed by atoms with van der Waals surface area (Å²) in [5, 5.41) is 22.9. The van der Waals surface area contributed by atoms with Crippen LogP contribution in [0.3, 0.4) is 0 Å². The molecule has 0 radical (unpaired) electrons. The Morgan fingerprint density at radius 3 is 2.67 bits per heavy atom. The second-order valence-electron chi connectivity index (χ2n) is 5.05. The van der Waals surface area contributed by atoms with Crippen LogP contribution in [0.5, 0.6) is 0 Å². The lowest BCUT2D eigenvalue weighted by molar-refractivity contribution is -0.153. The number of nitriles is 1. The summed E-state index contributed by atoms with van der Waals surface area (Å²) in [5.41, 5.74) is -0.714. The molecule has 0 heterocycles. The zero-order valence-corrected chi connectivity index (χ0v) is 11.1. The highest BCUT2D eigenvalue weighted by Crippen LogP contribution is 2.40. The highest BCUT2D eigenvalue weighted by molar-refractivity contribution is 5.91.